The van der Waals surface area contributed by atoms with E-state index in [1.165, 1.54) is 30.3 Å². The van der Waals surface area contributed by atoms with E-state index >= 15 is 0 Å². The second kappa shape index (κ2) is 7.16. The molecule has 1 aromatic heterocycles. The molecule has 0 fully saturated rings. The Hall–Kier alpha value is -3.88. The number of halogens is 2. The Bertz CT molecular complexity index is 1040. The monoisotopic (exact) mass is 370 g/mol. The highest BCUT2D eigenvalue weighted by molar-refractivity contribution is 6.12. The zero-order valence-corrected chi connectivity index (χ0v) is 13.6. The Kier molecular flexibility index (Phi) is 4.75. The van der Waals surface area contributed by atoms with Gasteiger partial charge in [0.2, 0.25) is 5.78 Å². The minimum Gasteiger partial charge on any atom is -0.383 e. The number of aromatic nitrogens is 1. The Morgan fingerprint density at radius 3 is 2.33 bits per heavy atom. The first kappa shape index (κ1) is 17.9. The minimum atomic E-state index is -1.01. The number of para-hydroxylation sites is 2. The first-order chi connectivity index (χ1) is 12.9. The maximum atomic E-state index is 13.8. The van der Waals surface area contributed by atoms with Crippen molar-refractivity contribution in [2.45, 2.75) is 0 Å². The topological polar surface area (TPSA) is 111 Å². The third-order valence-electron chi connectivity index (χ3n) is 3.72. The van der Waals surface area contributed by atoms with E-state index in [0.29, 0.717) is 0 Å². The highest BCUT2D eigenvalue weighted by Gasteiger charge is 2.22. The number of nitro groups is 1. The third kappa shape index (κ3) is 3.56. The third-order valence-corrected chi connectivity index (χ3v) is 3.72. The number of anilines is 3. The second-order valence-corrected chi connectivity index (χ2v) is 5.45. The van der Waals surface area contributed by atoms with Gasteiger partial charge in [-0.1, -0.05) is 18.2 Å². The fourth-order valence-corrected chi connectivity index (χ4v) is 2.46. The molecule has 0 saturated carbocycles. The van der Waals surface area contributed by atoms with Crippen LogP contribution in [0.15, 0.2) is 54.6 Å². The summed E-state index contributed by atoms with van der Waals surface area (Å²) in [7, 11) is 0. The number of nitrogen functional groups attached to an aromatic ring is 1. The smallest absolute Gasteiger partial charge is 0.292 e. The van der Waals surface area contributed by atoms with Gasteiger partial charge in [0.1, 0.15) is 29.0 Å². The lowest BCUT2D eigenvalue weighted by Gasteiger charge is -2.10. The molecular weight excluding hydrogens is 358 g/mol. The van der Waals surface area contributed by atoms with Gasteiger partial charge in [0.05, 0.1) is 16.1 Å². The molecule has 0 radical (unpaired) electrons. The van der Waals surface area contributed by atoms with Crippen molar-refractivity contribution in [3.63, 3.8) is 0 Å². The van der Waals surface area contributed by atoms with Gasteiger partial charge in [-0.25, -0.2) is 13.8 Å². The van der Waals surface area contributed by atoms with E-state index in [1.807, 2.05) is 0 Å². The van der Waals surface area contributed by atoms with Crippen LogP contribution < -0.4 is 11.1 Å². The van der Waals surface area contributed by atoms with Crippen LogP contribution in [0.25, 0.3) is 0 Å². The van der Waals surface area contributed by atoms with Crippen molar-refractivity contribution < 1.29 is 18.5 Å². The lowest BCUT2D eigenvalue weighted by atomic mass is 10.0. The first-order valence-electron chi connectivity index (χ1n) is 7.64. The SMILES string of the molecule is Nc1nc(Nc2ccccc2[N+](=O)[O-])ccc1C(=O)c1c(F)cccc1F. The van der Waals surface area contributed by atoms with E-state index in [0.717, 1.165) is 18.2 Å². The molecule has 0 atom stereocenters. The van der Waals surface area contributed by atoms with Gasteiger partial charge in [0.25, 0.3) is 5.69 Å². The van der Waals surface area contributed by atoms with Gasteiger partial charge in [-0.3, -0.25) is 14.9 Å². The van der Waals surface area contributed by atoms with Crippen LogP contribution in [0, 0.1) is 21.7 Å². The molecule has 2 aromatic carbocycles. The first-order valence-corrected chi connectivity index (χ1v) is 7.64. The molecule has 0 aliphatic heterocycles. The summed E-state index contributed by atoms with van der Waals surface area (Å²) in [5, 5.41) is 13.8. The fourth-order valence-electron chi connectivity index (χ4n) is 2.46. The molecule has 7 nitrogen and oxygen atoms in total. The Balaban J connectivity index is 1.93. The second-order valence-electron chi connectivity index (χ2n) is 5.45. The molecular formula is C18H12F2N4O3. The minimum absolute atomic E-state index is 0.132. The summed E-state index contributed by atoms with van der Waals surface area (Å²) in [6.07, 6.45) is 0. The molecule has 9 heteroatoms. The molecule has 3 N–H and O–H groups in total. The van der Waals surface area contributed by atoms with Crippen molar-refractivity contribution in [3.05, 3.63) is 87.5 Å². The molecule has 3 aromatic rings. The summed E-state index contributed by atoms with van der Waals surface area (Å²) in [5.41, 5.74) is 4.84. The largest absolute Gasteiger partial charge is 0.383 e. The van der Waals surface area contributed by atoms with Crippen molar-refractivity contribution in [1.29, 1.82) is 0 Å². The lowest BCUT2D eigenvalue weighted by molar-refractivity contribution is -0.383. The van der Waals surface area contributed by atoms with Gasteiger partial charge in [0, 0.05) is 6.07 Å². The molecule has 0 unspecified atom stereocenters. The van der Waals surface area contributed by atoms with Crippen LogP contribution in [0.4, 0.5) is 31.8 Å². The van der Waals surface area contributed by atoms with Gasteiger partial charge in [-0.05, 0) is 30.3 Å². The highest BCUT2D eigenvalue weighted by Crippen LogP contribution is 2.28. The van der Waals surface area contributed by atoms with E-state index in [1.54, 1.807) is 6.07 Å². The van der Waals surface area contributed by atoms with Crippen LogP contribution in [-0.2, 0) is 0 Å². The van der Waals surface area contributed by atoms with Crippen LogP contribution in [0.2, 0.25) is 0 Å². The number of nitrogens with zero attached hydrogens (tertiary/aromatic N) is 2. The van der Waals surface area contributed by atoms with E-state index in [9.17, 15) is 23.7 Å². The number of pyridine rings is 1. The number of carbonyl (C=O) groups excluding carboxylic acids is 1. The highest BCUT2D eigenvalue weighted by atomic mass is 19.1. The Labute approximate surface area is 151 Å². The number of benzene rings is 2. The standard InChI is InChI=1S/C18H12F2N4O3/c19-11-4-3-5-12(20)16(11)17(25)10-8-9-15(23-18(10)21)22-13-6-1-2-7-14(13)24(26)27/h1-9H,(H3,21,22,23). The predicted octanol–water partition coefficient (Wildman–Crippen LogP) is 3.82. The van der Waals surface area contributed by atoms with Gasteiger partial charge in [-0.2, -0.15) is 0 Å². The van der Waals surface area contributed by atoms with Crippen molar-refractivity contribution in [3.8, 4) is 0 Å². The summed E-state index contributed by atoms with van der Waals surface area (Å²) in [6, 6.07) is 11.5. The molecule has 1 heterocycles. The van der Waals surface area contributed by atoms with Crippen molar-refractivity contribution in [2.24, 2.45) is 0 Å². The fraction of sp³-hybridized carbons (Fsp3) is 0. The Morgan fingerprint density at radius 2 is 1.70 bits per heavy atom. The van der Waals surface area contributed by atoms with Gasteiger partial charge in [-0.15, -0.1) is 0 Å². The maximum Gasteiger partial charge on any atom is 0.292 e. The van der Waals surface area contributed by atoms with Crippen LogP contribution in [0.1, 0.15) is 15.9 Å². The average molecular weight is 370 g/mol. The van der Waals surface area contributed by atoms with E-state index < -0.39 is 27.9 Å². The number of rotatable bonds is 5. The normalized spacial score (nSPS) is 10.4. The van der Waals surface area contributed by atoms with Gasteiger partial charge in [0.15, 0.2) is 0 Å². The maximum absolute atomic E-state index is 13.8. The zero-order chi connectivity index (χ0) is 19.6. The van der Waals surface area contributed by atoms with E-state index in [-0.39, 0.29) is 28.6 Å². The Morgan fingerprint density at radius 1 is 1.04 bits per heavy atom. The molecule has 0 saturated heterocycles. The molecule has 136 valence electrons. The molecule has 0 bridgehead atoms. The lowest BCUT2D eigenvalue weighted by Crippen LogP contribution is -2.11. The van der Waals surface area contributed by atoms with Crippen LogP contribution >= 0.6 is 0 Å². The van der Waals surface area contributed by atoms with Crippen molar-refractivity contribution >= 4 is 28.8 Å². The zero-order valence-electron chi connectivity index (χ0n) is 13.6. The average Bonchev–Trinajstić information content (AvgIpc) is 2.62. The molecule has 0 aliphatic carbocycles. The number of carbonyl (C=O) groups is 1. The molecule has 3 rings (SSSR count). The van der Waals surface area contributed by atoms with Crippen LogP contribution in [0.5, 0.6) is 0 Å². The van der Waals surface area contributed by atoms with Gasteiger partial charge < -0.3 is 11.1 Å². The summed E-state index contributed by atoms with van der Waals surface area (Å²) < 4.78 is 27.6. The summed E-state index contributed by atoms with van der Waals surface area (Å²) in [5.74, 6) is -3.12. The number of hydrogen-bond acceptors (Lipinski definition) is 6. The number of nitrogens with two attached hydrogens (primary N) is 1. The predicted molar refractivity (Wildman–Crippen MR) is 94.8 cm³/mol. The number of nitrogens with one attached hydrogen (secondary N) is 1. The van der Waals surface area contributed by atoms with Crippen molar-refractivity contribution in [2.75, 3.05) is 11.1 Å². The van der Waals surface area contributed by atoms with Crippen LogP contribution in [0.3, 0.4) is 0 Å². The number of hydrogen-bond donors (Lipinski definition) is 2. The quantitative estimate of drug-likeness (QED) is 0.401. The van der Waals surface area contributed by atoms with Gasteiger partial charge >= 0.3 is 0 Å². The summed E-state index contributed by atoms with van der Waals surface area (Å²) >= 11 is 0. The number of ketones is 1. The van der Waals surface area contributed by atoms with Crippen molar-refractivity contribution in [1.82, 2.24) is 4.98 Å². The molecule has 0 aliphatic rings. The molecule has 0 spiro atoms. The van der Waals surface area contributed by atoms with Crippen LogP contribution in [-0.4, -0.2) is 15.7 Å². The molecule has 0 amide bonds. The number of nitro benzene ring substituents is 1. The molecule has 27 heavy (non-hydrogen) atoms. The van der Waals surface area contributed by atoms with E-state index in [2.05, 4.69) is 10.3 Å². The van der Waals surface area contributed by atoms with E-state index in [4.69, 9.17) is 5.73 Å². The summed E-state index contributed by atoms with van der Waals surface area (Å²) in [4.78, 5) is 26.8. The summed E-state index contributed by atoms with van der Waals surface area (Å²) in [6.45, 7) is 0.